The second-order valence-corrected chi connectivity index (χ2v) is 5.53. The molecule has 3 heterocycles. The lowest BCUT2D eigenvalue weighted by atomic mass is 9.94. The van der Waals surface area contributed by atoms with E-state index in [4.69, 9.17) is 0 Å². The minimum Gasteiger partial charge on any atom is -0.352 e. The Morgan fingerprint density at radius 2 is 2.38 bits per heavy atom. The Balaban J connectivity index is 0.00000161. The van der Waals surface area contributed by atoms with Crippen LogP contribution in [0.3, 0.4) is 0 Å². The molecule has 114 valence electrons. The molecule has 0 aromatic carbocycles. The summed E-state index contributed by atoms with van der Waals surface area (Å²) in [6, 6.07) is 4.12. The Kier molecular flexibility index (Phi) is 5.20. The van der Waals surface area contributed by atoms with Crippen LogP contribution in [0.2, 0.25) is 0 Å². The van der Waals surface area contributed by atoms with E-state index in [-0.39, 0.29) is 24.4 Å². The summed E-state index contributed by atoms with van der Waals surface area (Å²) in [6.07, 6.45) is 5.13. The highest BCUT2D eigenvalue weighted by atomic mass is 35.5. The number of halogens is 1. The number of hydrogen-bond donors (Lipinski definition) is 3. The molecule has 1 fully saturated rings. The van der Waals surface area contributed by atoms with Crippen molar-refractivity contribution in [1.29, 1.82) is 0 Å². The van der Waals surface area contributed by atoms with Crippen LogP contribution < -0.4 is 10.6 Å². The van der Waals surface area contributed by atoms with Gasteiger partial charge >= 0.3 is 0 Å². The van der Waals surface area contributed by atoms with Gasteiger partial charge in [0, 0.05) is 30.4 Å². The van der Waals surface area contributed by atoms with Crippen molar-refractivity contribution in [3.63, 3.8) is 0 Å². The third-order valence-corrected chi connectivity index (χ3v) is 4.06. The van der Waals surface area contributed by atoms with Crippen LogP contribution >= 0.6 is 12.4 Å². The van der Waals surface area contributed by atoms with E-state index >= 15 is 0 Å². The van der Waals surface area contributed by atoms with Crippen LogP contribution in [-0.4, -0.2) is 35.0 Å². The Hall–Kier alpha value is -1.59. The molecule has 1 amide bonds. The van der Waals surface area contributed by atoms with E-state index in [0.29, 0.717) is 12.3 Å². The van der Waals surface area contributed by atoms with Crippen LogP contribution in [-0.2, 0) is 11.2 Å². The van der Waals surface area contributed by atoms with Crippen molar-refractivity contribution in [2.75, 3.05) is 13.1 Å². The van der Waals surface area contributed by atoms with E-state index in [1.165, 1.54) is 0 Å². The van der Waals surface area contributed by atoms with Gasteiger partial charge < -0.3 is 15.6 Å². The summed E-state index contributed by atoms with van der Waals surface area (Å²) in [5, 5.41) is 7.49. The highest BCUT2D eigenvalue weighted by Crippen LogP contribution is 2.17. The average molecular weight is 309 g/mol. The number of aromatic amines is 1. The topological polar surface area (TPSA) is 69.8 Å². The average Bonchev–Trinajstić information content (AvgIpc) is 2.85. The summed E-state index contributed by atoms with van der Waals surface area (Å²) in [5.41, 5.74) is 1.84. The summed E-state index contributed by atoms with van der Waals surface area (Å²) in [4.78, 5) is 19.5. The molecule has 1 aliphatic heterocycles. The van der Waals surface area contributed by atoms with Crippen LogP contribution in [0.4, 0.5) is 0 Å². The van der Waals surface area contributed by atoms with Crippen LogP contribution in [0.25, 0.3) is 11.0 Å². The highest BCUT2D eigenvalue weighted by Gasteiger charge is 2.22. The number of carbonyl (C=O) groups is 1. The summed E-state index contributed by atoms with van der Waals surface area (Å²) >= 11 is 0. The summed E-state index contributed by atoms with van der Waals surface area (Å²) in [7, 11) is 0. The van der Waals surface area contributed by atoms with Gasteiger partial charge in [-0.15, -0.1) is 12.4 Å². The zero-order chi connectivity index (χ0) is 13.9. The van der Waals surface area contributed by atoms with Crippen molar-refractivity contribution in [2.24, 2.45) is 5.92 Å². The van der Waals surface area contributed by atoms with E-state index in [2.05, 4.69) is 27.5 Å². The number of aromatic nitrogens is 2. The minimum absolute atomic E-state index is 0. The van der Waals surface area contributed by atoms with Gasteiger partial charge in [-0.2, -0.15) is 0 Å². The largest absolute Gasteiger partial charge is 0.352 e. The zero-order valence-electron chi connectivity index (χ0n) is 12.1. The molecule has 0 radical (unpaired) electrons. The van der Waals surface area contributed by atoms with Crippen molar-refractivity contribution in [2.45, 2.75) is 25.8 Å². The smallest absolute Gasteiger partial charge is 0.224 e. The van der Waals surface area contributed by atoms with Gasteiger partial charge in [0.1, 0.15) is 5.65 Å². The molecular formula is C15H21ClN4O. The molecular weight excluding hydrogens is 288 g/mol. The van der Waals surface area contributed by atoms with Crippen molar-refractivity contribution in [3.8, 4) is 0 Å². The molecule has 6 heteroatoms. The molecule has 1 saturated heterocycles. The fraction of sp³-hybridized carbons (Fsp3) is 0.467. The molecule has 3 rings (SSSR count). The standard InChI is InChI=1S/C15H20N4O.ClH/c1-10-4-6-16-9-13(10)19-14(20)7-11-8-18-15-12(11)3-2-5-17-15;/h2-3,5,8,10,13,16H,4,6-7,9H2,1H3,(H,17,18)(H,19,20);1H. The summed E-state index contributed by atoms with van der Waals surface area (Å²) in [5.74, 6) is 0.611. The number of H-pyrrole nitrogens is 1. The molecule has 2 unspecified atom stereocenters. The number of hydrogen-bond acceptors (Lipinski definition) is 3. The maximum absolute atomic E-state index is 12.2. The molecule has 0 bridgehead atoms. The number of pyridine rings is 1. The number of amides is 1. The third kappa shape index (κ3) is 3.54. The number of nitrogens with zero attached hydrogens (tertiary/aromatic N) is 1. The predicted molar refractivity (Wildman–Crippen MR) is 85.6 cm³/mol. The van der Waals surface area contributed by atoms with Crippen LogP contribution in [0.5, 0.6) is 0 Å². The zero-order valence-corrected chi connectivity index (χ0v) is 12.9. The van der Waals surface area contributed by atoms with Gasteiger partial charge in [0.15, 0.2) is 0 Å². The molecule has 3 N–H and O–H groups in total. The van der Waals surface area contributed by atoms with Gasteiger partial charge in [0.05, 0.1) is 6.42 Å². The first kappa shape index (κ1) is 15.8. The lowest BCUT2D eigenvalue weighted by Gasteiger charge is -2.30. The first-order valence-corrected chi connectivity index (χ1v) is 7.15. The van der Waals surface area contributed by atoms with Crippen molar-refractivity contribution in [3.05, 3.63) is 30.1 Å². The molecule has 21 heavy (non-hydrogen) atoms. The SMILES string of the molecule is CC1CCNCC1NC(=O)Cc1c[nH]c2ncccc12.Cl. The Morgan fingerprint density at radius 1 is 1.52 bits per heavy atom. The summed E-state index contributed by atoms with van der Waals surface area (Å²) in [6.45, 7) is 4.10. The van der Waals surface area contributed by atoms with Crippen molar-refractivity contribution in [1.82, 2.24) is 20.6 Å². The predicted octanol–water partition coefficient (Wildman–Crippen LogP) is 1.64. The van der Waals surface area contributed by atoms with Gasteiger partial charge in [-0.25, -0.2) is 4.98 Å². The quantitative estimate of drug-likeness (QED) is 0.807. The molecule has 1 aliphatic rings. The van der Waals surface area contributed by atoms with Gasteiger partial charge in [-0.05, 0) is 36.6 Å². The maximum Gasteiger partial charge on any atom is 0.224 e. The van der Waals surface area contributed by atoms with Gasteiger partial charge in [-0.3, -0.25) is 4.79 Å². The molecule has 2 aromatic rings. The van der Waals surface area contributed by atoms with E-state index in [0.717, 1.165) is 36.1 Å². The lowest BCUT2D eigenvalue weighted by Crippen LogP contribution is -2.50. The number of nitrogens with one attached hydrogen (secondary N) is 3. The maximum atomic E-state index is 12.2. The molecule has 0 saturated carbocycles. The first-order chi connectivity index (χ1) is 9.74. The van der Waals surface area contributed by atoms with Gasteiger partial charge in [0.25, 0.3) is 0 Å². The van der Waals surface area contributed by atoms with E-state index in [9.17, 15) is 4.79 Å². The third-order valence-electron chi connectivity index (χ3n) is 4.06. The molecule has 0 aliphatic carbocycles. The van der Waals surface area contributed by atoms with Crippen molar-refractivity contribution >= 4 is 29.3 Å². The fourth-order valence-corrected chi connectivity index (χ4v) is 2.77. The van der Waals surface area contributed by atoms with E-state index in [1.807, 2.05) is 18.3 Å². The number of piperidine rings is 1. The molecule has 2 atom stereocenters. The minimum atomic E-state index is 0. The second-order valence-electron chi connectivity index (χ2n) is 5.53. The fourth-order valence-electron chi connectivity index (χ4n) is 2.77. The van der Waals surface area contributed by atoms with Crippen LogP contribution in [0.15, 0.2) is 24.5 Å². The normalized spacial score (nSPS) is 21.8. The second kappa shape index (κ2) is 6.91. The first-order valence-electron chi connectivity index (χ1n) is 7.15. The monoisotopic (exact) mass is 308 g/mol. The Bertz CT molecular complexity index is 612. The number of fused-ring (bicyclic) bond motifs is 1. The molecule has 2 aromatic heterocycles. The van der Waals surface area contributed by atoms with E-state index in [1.54, 1.807) is 6.20 Å². The number of rotatable bonds is 3. The summed E-state index contributed by atoms with van der Waals surface area (Å²) < 4.78 is 0. The van der Waals surface area contributed by atoms with E-state index < -0.39 is 0 Å². The van der Waals surface area contributed by atoms with Crippen LogP contribution in [0.1, 0.15) is 18.9 Å². The van der Waals surface area contributed by atoms with Gasteiger partial charge in [-0.1, -0.05) is 6.92 Å². The lowest BCUT2D eigenvalue weighted by molar-refractivity contribution is -0.121. The molecule has 5 nitrogen and oxygen atoms in total. The Labute approximate surface area is 130 Å². The van der Waals surface area contributed by atoms with Crippen molar-refractivity contribution < 1.29 is 4.79 Å². The van der Waals surface area contributed by atoms with Gasteiger partial charge in [0.2, 0.25) is 5.91 Å². The highest BCUT2D eigenvalue weighted by molar-refractivity contribution is 5.87. The number of carbonyl (C=O) groups excluding carboxylic acids is 1. The molecule has 0 spiro atoms. The van der Waals surface area contributed by atoms with Crippen LogP contribution in [0, 0.1) is 5.92 Å². The Morgan fingerprint density at radius 3 is 3.19 bits per heavy atom.